The van der Waals surface area contributed by atoms with Crippen LogP contribution in [0.3, 0.4) is 0 Å². The monoisotopic (exact) mass is 414 g/mol. The number of rotatable bonds is 5. The van der Waals surface area contributed by atoms with E-state index in [4.69, 9.17) is 21.1 Å². The molecule has 2 aromatic carbocycles. The fourth-order valence-corrected chi connectivity index (χ4v) is 3.85. The van der Waals surface area contributed by atoms with Gasteiger partial charge in [0.25, 0.3) is 0 Å². The molecule has 0 saturated carbocycles. The van der Waals surface area contributed by atoms with Gasteiger partial charge in [0.15, 0.2) is 11.5 Å². The molecule has 0 unspecified atom stereocenters. The maximum absolute atomic E-state index is 12.6. The molecular formula is C23H27ClN2O3. The molecule has 0 spiro atoms. The smallest absolute Gasteiger partial charge is 0.246 e. The molecule has 1 saturated heterocycles. The Kier molecular flexibility index (Phi) is 6.70. The van der Waals surface area contributed by atoms with Gasteiger partial charge in [-0.25, -0.2) is 0 Å². The second-order valence-corrected chi connectivity index (χ2v) is 7.51. The SMILES string of the molecule is COc1cc(/C=C/C(=O)N2CCN(c3cccc(C)c3C)CC2)cc(Cl)c1OC. The van der Waals surface area contributed by atoms with E-state index in [1.54, 1.807) is 38.5 Å². The number of methoxy groups -OCH3 is 2. The fourth-order valence-electron chi connectivity index (χ4n) is 3.55. The Morgan fingerprint density at radius 2 is 1.79 bits per heavy atom. The van der Waals surface area contributed by atoms with Crippen LogP contribution in [0.2, 0.25) is 5.02 Å². The minimum Gasteiger partial charge on any atom is -0.493 e. The van der Waals surface area contributed by atoms with Crippen LogP contribution in [0.5, 0.6) is 11.5 Å². The molecule has 0 N–H and O–H groups in total. The average molecular weight is 415 g/mol. The number of aryl methyl sites for hydroxylation is 1. The van der Waals surface area contributed by atoms with Gasteiger partial charge >= 0.3 is 0 Å². The summed E-state index contributed by atoms with van der Waals surface area (Å²) in [5.41, 5.74) is 4.64. The maximum atomic E-state index is 12.6. The van der Waals surface area contributed by atoms with Crippen LogP contribution in [-0.4, -0.2) is 51.2 Å². The lowest BCUT2D eigenvalue weighted by Crippen LogP contribution is -2.48. The van der Waals surface area contributed by atoms with Gasteiger partial charge in [-0.2, -0.15) is 0 Å². The van der Waals surface area contributed by atoms with Crippen LogP contribution in [0, 0.1) is 13.8 Å². The lowest BCUT2D eigenvalue weighted by atomic mass is 10.1. The normalized spacial score (nSPS) is 14.4. The van der Waals surface area contributed by atoms with E-state index in [2.05, 4.69) is 36.9 Å². The molecule has 0 radical (unpaired) electrons. The molecule has 0 aromatic heterocycles. The number of carbonyl (C=O) groups excluding carboxylic acids is 1. The molecular weight excluding hydrogens is 388 g/mol. The number of ether oxygens (including phenoxy) is 2. The van der Waals surface area contributed by atoms with Crippen molar-refractivity contribution in [2.75, 3.05) is 45.3 Å². The Morgan fingerprint density at radius 3 is 2.45 bits per heavy atom. The molecule has 1 aliphatic rings. The standard InChI is InChI=1S/C23H27ClN2O3/c1-16-6-5-7-20(17(16)2)25-10-12-26(13-11-25)22(27)9-8-18-14-19(24)23(29-4)21(15-18)28-3/h5-9,14-15H,10-13H2,1-4H3/b9-8+. The van der Waals surface area contributed by atoms with Crippen molar-refractivity contribution in [3.05, 3.63) is 58.1 Å². The molecule has 29 heavy (non-hydrogen) atoms. The second kappa shape index (κ2) is 9.23. The van der Waals surface area contributed by atoms with Gasteiger partial charge in [0.2, 0.25) is 5.91 Å². The molecule has 6 heteroatoms. The third-order valence-electron chi connectivity index (χ3n) is 5.38. The average Bonchev–Trinajstić information content (AvgIpc) is 2.73. The fraction of sp³-hybridized carbons (Fsp3) is 0.348. The summed E-state index contributed by atoms with van der Waals surface area (Å²) in [7, 11) is 3.10. The zero-order valence-corrected chi connectivity index (χ0v) is 18.1. The number of carbonyl (C=O) groups is 1. The Morgan fingerprint density at radius 1 is 1.07 bits per heavy atom. The highest BCUT2D eigenvalue weighted by Crippen LogP contribution is 2.36. The summed E-state index contributed by atoms with van der Waals surface area (Å²) in [5.74, 6) is 1.02. The Labute approximate surface area is 177 Å². The second-order valence-electron chi connectivity index (χ2n) is 7.10. The summed E-state index contributed by atoms with van der Waals surface area (Å²) < 4.78 is 10.6. The van der Waals surface area contributed by atoms with E-state index in [1.165, 1.54) is 16.8 Å². The van der Waals surface area contributed by atoms with Crippen LogP contribution >= 0.6 is 11.6 Å². The van der Waals surface area contributed by atoms with Crippen molar-refractivity contribution in [1.29, 1.82) is 0 Å². The van der Waals surface area contributed by atoms with E-state index in [0.29, 0.717) is 29.6 Å². The summed E-state index contributed by atoms with van der Waals surface area (Å²) in [6.45, 7) is 7.33. The van der Waals surface area contributed by atoms with Crippen molar-refractivity contribution in [3.63, 3.8) is 0 Å². The molecule has 1 heterocycles. The number of benzene rings is 2. The van der Waals surface area contributed by atoms with Crippen molar-refractivity contribution < 1.29 is 14.3 Å². The van der Waals surface area contributed by atoms with Crippen LogP contribution in [0.15, 0.2) is 36.4 Å². The van der Waals surface area contributed by atoms with E-state index in [1.807, 2.05) is 4.90 Å². The topological polar surface area (TPSA) is 42.0 Å². The quantitative estimate of drug-likeness (QED) is 0.682. The van der Waals surface area contributed by atoms with E-state index in [9.17, 15) is 4.79 Å². The lowest BCUT2D eigenvalue weighted by molar-refractivity contribution is -0.126. The van der Waals surface area contributed by atoms with Gasteiger partial charge < -0.3 is 19.3 Å². The number of halogens is 1. The molecule has 1 fully saturated rings. The lowest BCUT2D eigenvalue weighted by Gasteiger charge is -2.36. The van der Waals surface area contributed by atoms with Crippen LogP contribution in [0.25, 0.3) is 6.08 Å². The zero-order chi connectivity index (χ0) is 21.0. The first-order valence-electron chi connectivity index (χ1n) is 9.64. The van der Waals surface area contributed by atoms with E-state index in [-0.39, 0.29) is 5.91 Å². The molecule has 1 amide bonds. The highest BCUT2D eigenvalue weighted by molar-refractivity contribution is 6.32. The minimum atomic E-state index is -0.00322. The predicted molar refractivity (Wildman–Crippen MR) is 118 cm³/mol. The summed E-state index contributed by atoms with van der Waals surface area (Å²) in [6, 6.07) is 9.93. The Bertz CT molecular complexity index is 919. The van der Waals surface area contributed by atoms with Gasteiger partial charge in [0, 0.05) is 37.9 Å². The third-order valence-corrected chi connectivity index (χ3v) is 5.66. The molecule has 0 aliphatic carbocycles. The number of hydrogen-bond acceptors (Lipinski definition) is 4. The van der Waals surface area contributed by atoms with Crippen molar-refractivity contribution in [2.45, 2.75) is 13.8 Å². The maximum Gasteiger partial charge on any atom is 0.246 e. The third kappa shape index (κ3) is 4.67. The Hall–Kier alpha value is -2.66. The molecule has 0 atom stereocenters. The van der Waals surface area contributed by atoms with E-state index < -0.39 is 0 Å². The summed E-state index contributed by atoms with van der Waals surface area (Å²) in [6.07, 6.45) is 3.35. The summed E-state index contributed by atoms with van der Waals surface area (Å²) >= 11 is 6.24. The first kappa shape index (κ1) is 21.1. The number of amides is 1. The van der Waals surface area contributed by atoms with E-state index in [0.717, 1.165) is 18.7 Å². The molecule has 1 aliphatic heterocycles. The van der Waals surface area contributed by atoms with Crippen LogP contribution in [0.1, 0.15) is 16.7 Å². The molecule has 5 nitrogen and oxygen atoms in total. The van der Waals surface area contributed by atoms with Crippen molar-refractivity contribution in [3.8, 4) is 11.5 Å². The number of hydrogen-bond donors (Lipinski definition) is 0. The van der Waals surface area contributed by atoms with Gasteiger partial charge in [0.1, 0.15) is 0 Å². The van der Waals surface area contributed by atoms with E-state index >= 15 is 0 Å². The van der Waals surface area contributed by atoms with Gasteiger partial charge in [0.05, 0.1) is 19.2 Å². The highest BCUT2D eigenvalue weighted by Gasteiger charge is 2.21. The summed E-state index contributed by atoms with van der Waals surface area (Å²) in [5, 5.41) is 0.445. The Balaban J connectivity index is 1.64. The molecule has 3 rings (SSSR count). The molecule has 0 bridgehead atoms. The van der Waals surface area contributed by atoms with Crippen molar-refractivity contribution in [1.82, 2.24) is 4.90 Å². The first-order chi connectivity index (χ1) is 13.9. The molecule has 154 valence electrons. The number of piperazine rings is 1. The van der Waals surface area contributed by atoms with Crippen molar-refractivity contribution >= 4 is 29.3 Å². The largest absolute Gasteiger partial charge is 0.493 e. The number of nitrogens with zero attached hydrogens (tertiary/aromatic N) is 2. The first-order valence-corrected chi connectivity index (χ1v) is 10.0. The predicted octanol–water partition coefficient (Wildman–Crippen LogP) is 4.34. The molecule has 2 aromatic rings. The van der Waals surface area contributed by atoms with Gasteiger partial charge in [-0.3, -0.25) is 4.79 Å². The van der Waals surface area contributed by atoms with Crippen LogP contribution in [-0.2, 0) is 4.79 Å². The van der Waals surface area contributed by atoms with Gasteiger partial charge in [-0.15, -0.1) is 0 Å². The van der Waals surface area contributed by atoms with Gasteiger partial charge in [-0.1, -0.05) is 23.7 Å². The minimum absolute atomic E-state index is 0.00322. The van der Waals surface area contributed by atoms with Crippen molar-refractivity contribution in [2.24, 2.45) is 0 Å². The van der Waals surface area contributed by atoms with Crippen LogP contribution < -0.4 is 14.4 Å². The highest BCUT2D eigenvalue weighted by atomic mass is 35.5. The summed E-state index contributed by atoms with van der Waals surface area (Å²) in [4.78, 5) is 16.9. The zero-order valence-electron chi connectivity index (χ0n) is 17.4. The van der Waals surface area contributed by atoms with Gasteiger partial charge in [-0.05, 0) is 54.8 Å². The number of anilines is 1. The van der Waals surface area contributed by atoms with Crippen LogP contribution in [0.4, 0.5) is 5.69 Å².